The van der Waals surface area contributed by atoms with E-state index in [0.29, 0.717) is 36.6 Å². The van der Waals surface area contributed by atoms with Crippen molar-refractivity contribution in [3.05, 3.63) is 0 Å². The Balaban J connectivity index is 1.98. The molecule has 1 saturated carbocycles. The lowest BCUT2D eigenvalue weighted by Gasteiger charge is -2.44. The van der Waals surface area contributed by atoms with Gasteiger partial charge in [0.2, 0.25) is 0 Å². The Morgan fingerprint density at radius 2 is 1.89 bits per heavy atom. The summed E-state index contributed by atoms with van der Waals surface area (Å²) in [5.74, 6) is 2.05. The van der Waals surface area contributed by atoms with E-state index in [9.17, 15) is 8.42 Å². The van der Waals surface area contributed by atoms with Gasteiger partial charge in [-0.05, 0) is 31.2 Å². The summed E-state index contributed by atoms with van der Waals surface area (Å²) in [6.07, 6.45) is 6.29. The molecule has 3 unspecified atom stereocenters. The normalized spacial score (nSPS) is 36.2. The molecule has 0 spiro atoms. The predicted octanol–water partition coefficient (Wildman–Crippen LogP) is 1.26. The van der Waals surface area contributed by atoms with Crippen molar-refractivity contribution in [2.45, 2.75) is 45.1 Å². The van der Waals surface area contributed by atoms with Gasteiger partial charge in [0.25, 0.3) is 0 Å². The summed E-state index contributed by atoms with van der Waals surface area (Å²) < 4.78 is 23.1. The molecule has 0 radical (unpaired) electrons. The minimum atomic E-state index is -2.78. The van der Waals surface area contributed by atoms with Crippen molar-refractivity contribution in [1.82, 2.24) is 4.90 Å². The fourth-order valence-corrected chi connectivity index (χ4v) is 4.97. The largest absolute Gasteiger partial charge is 0.330 e. The van der Waals surface area contributed by atoms with Gasteiger partial charge in [0.15, 0.2) is 9.84 Å². The first-order valence-electron chi connectivity index (χ1n) is 7.70. The van der Waals surface area contributed by atoms with Crippen LogP contribution in [0.25, 0.3) is 0 Å². The monoisotopic (exact) mass is 288 g/mol. The zero-order valence-corrected chi connectivity index (χ0v) is 12.9. The van der Waals surface area contributed by atoms with Crippen molar-refractivity contribution in [3.63, 3.8) is 0 Å². The van der Waals surface area contributed by atoms with Crippen LogP contribution in [0.3, 0.4) is 0 Å². The molecule has 19 heavy (non-hydrogen) atoms. The van der Waals surface area contributed by atoms with E-state index in [4.69, 9.17) is 5.73 Å². The summed E-state index contributed by atoms with van der Waals surface area (Å²) in [7, 11) is -2.78. The molecule has 3 atom stereocenters. The van der Waals surface area contributed by atoms with Crippen molar-refractivity contribution < 1.29 is 8.42 Å². The second kappa shape index (κ2) is 6.55. The van der Waals surface area contributed by atoms with Crippen LogP contribution in [-0.4, -0.2) is 50.5 Å². The Labute approximate surface area is 117 Å². The molecule has 5 heteroatoms. The molecule has 0 aromatic rings. The molecule has 1 aliphatic heterocycles. The summed E-state index contributed by atoms with van der Waals surface area (Å²) in [5.41, 5.74) is 5.93. The highest BCUT2D eigenvalue weighted by atomic mass is 32.2. The van der Waals surface area contributed by atoms with Crippen LogP contribution in [0.4, 0.5) is 0 Å². The molecule has 4 nitrogen and oxygen atoms in total. The molecule has 1 saturated heterocycles. The van der Waals surface area contributed by atoms with Gasteiger partial charge in [-0.25, -0.2) is 8.42 Å². The second-order valence-corrected chi connectivity index (χ2v) is 8.52. The van der Waals surface area contributed by atoms with E-state index in [2.05, 4.69) is 11.8 Å². The number of hydrogen-bond acceptors (Lipinski definition) is 4. The van der Waals surface area contributed by atoms with Crippen molar-refractivity contribution in [1.29, 1.82) is 0 Å². The topological polar surface area (TPSA) is 63.4 Å². The lowest BCUT2D eigenvalue weighted by atomic mass is 9.76. The third-order valence-electron chi connectivity index (χ3n) is 4.91. The first-order valence-corrected chi connectivity index (χ1v) is 9.52. The summed E-state index contributed by atoms with van der Waals surface area (Å²) >= 11 is 0. The lowest BCUT2D eigenvalue weighted by Crippen LogP contribution is -2.52. The molecule has 0 aromatic carbocycles. The first kappa shape index (κ1) is 15.3. The average molecular weight is 288 g/mol. The van der Waals surface area contributed by atoms with Gasteiger partial charge >= 0.3 is 0 Å². The predicted molar refractivity (Wildman–Crippen MR) is 78.8 cm³/mol. The Morgan fingerprint density at radius 1 is 1.21 bits per heavy atom. The van der Waals surface area contributed by atoms with Gasteiger partial charge in [-0.1, -0.05) is 26.2 Å². The average Bonchev–Trinajstić information content (AvgIpc) is 2.39. The van der Waals surface area contributed by atoms with E-state index >= 15 is 0 Å². The molecule has 0 amide bonds. The van der Waals surface area contributed by atoms with Crippen LogP contribution in [0.5, 0.6) is 0 Å². The summed E-state index contributed by atoms with van der Waals surface area (Å²) in [6.45, 7) is 4.41. The van der Waals surface area contributed by atoms with Gasteiger partial charge in [0, 0.05) is 19.1 Å². The van der Waals surface area contributed by atoms with Gasteiger partial charge in [-0.3, -0.25) is 4.90 Å². The Morgan fingerprint density at radius 3 is 2.47 bits per heavy atom. The van der Waals surface area contributed by atoms with Crippen LogP contribution >= 0.6 is 0 Å². The maximum Gasteiger partial charge on any atom is 0.152 e. The summed E-state index contributed by atoms with van der Waals surface area (Å²) in [4.78, 5) is 2.40. The molecule has 1 aliphatic carbocycles. The molecule has 2 aliphatic rings. The van der Waals surface area contributed by atoms with Crippen LogP contribution in [0.2, 0.25) is 0 Å². The van der Waals surface area contributed by atoms with Crippen LogP contribution in [0.15, 0.2) is 0 Å². The zero-order chi connectivity index (χ0) is 13.9. The van der Waals surface area contributed by atoms with E-state index in [1.54, 1.807) is 0 Å². The SMILES string of the molecule is CCCC1CCC(CN)C(N2CCS(=O)(=O)CC2)C1. The molecular weight excluding hydrogens is 260 g/mol. The van der Waals surface area contributed by atoms with Crippen molar-refractivity contribution >= 4 is 9.84 Å². The Bertz CT molecular complexity index is 369. The van der Waals surface area contributed by atoms with E-state index in [-0.39, 0.29) is 0 Å². The smallest absolute Gasteiger partial charge is 0.152 e. The van der Waals surface area contributed by atoms with Crippen molar-refractivity contribution in [2.24, 2.45) is 17.6 Å². The molecule has 112 valence electrons. The third kappa shape index (κ3) is 3.92. The van der Waals surface area contributed by atoms with Gasteiger partial charge in [0.1, 0.15) is 0 Å². The highest BCUT2D eigenvalue weighted by molar-refractivity contribution is 7.91. The number of rotatable bonds is 4. The van der Waals surface area contributed by atoms with Crippen LogP contribution in [0.1, 0.15) is 39.0 Å². The van der Waals surface area contributed by atoms with Crippen molar-refractivity contribution in [2.75, 3.05) is 31.1 Å². The molecule has 0 bridgehead atoms. The fourth-order valence-electron chi connectivity index (χ4n) is 3.74. The van der Waals surface area contributed by atoms with E-state index in [0.717, 1.165) is 12.5 Å². The Kier molecular flexibility index (Phi) is 5.26. The van der Waals surface area contributed by atoms with E-state index < -0.39 is 9.84 Å². The molecular formula is C14H28N2O2S. The molecule has 2 rings (SSSR count). The maximum absolute atomic E-state index is 11.5. The highest BCUT2D eigenvalue weighted by Gasteiger charge is 2.35. The first-order chi connectivity index (χ1) is 9.05. The lowest BCUT2D eigenvalue weighted by molar-refractivity contribution is 0.0859. The van der Waals surface area contributed by atoms with E-state index in [1.807, 2.05) is 0 Å². The standard InChI is InChI=1S/C14H28N2O2S/c1-2-3-12-4-5-13(11-15)14(10-12)16-6-8-19(17,18)9-7-16/h12-14H,2-11,15H2,1H3. The van der Waals surface area contributed by atoms with Crippen LogP contribution in [0, 0.1) is 11.8 Å². The van der Waals surface area contributed by atoms with Gasteiger partial charge in [-0.2, -0.15) is 0 Å². The fraction of sp³-hybridized carbons (Fsp3) is 1.00. The number of hydrogen-bond donors (Lipinski definition) is 1. The Hall–Kier alpha value is -0.130. The minimum Gasteiger partial charge on any atom is -0.330 e. The summed E-state index contributed by atoms with van der Waals surface area (Å²) in [5, 5.41) is 0. The van der Waals surface area contributed by atoms with Gasteiger partial charge < -0.3 is 5.73 Å². The minimum absolute atomic E-state index is 0.333. The maximum atomic E-state index is 11.5. The number of nitrogens with two attached hydrogens (primary N) is 1. The van der Waals surface area contributed by atoms with E-state index in [1.165, 1.54) is 32.1 Å². The molecule has 2 fully saturated rings. The zero-order valence-electron chi connectivity index (χ0n) is 12.1. The van der Waals surface area contributed by atoms with Crippen LogP contribution in [-0.2, 0) is 9.84 Å². The number of nitrogens with zero attached hydrogens (tertiary/aromatic N) is 1. The summed E-state index contributed by atoms with van der Waals surface area (Å²) in [6, 6.07) is 0.519. The number of sulfone groups is 1. The van der Waals surface area contributed by atoms with Gasteiger partial charge in [0.05, 0.1) is 11.5 Å². The quantitative estimate of drug-likeness (QED) is 0.846. The second-order valence-electron chi connectivity index (χ2n) is 6.22. The van der Waals surface area contributed by atoms with Gasteiger partial charge in [-0.15, -0.1) is 0 Å². The van der Waals surface area contributed by atoms with Crippen LogP contribution < -0.4 is 5.73 Å². The molecule has 2 N–H and O–H groups in total. The molecule has 0 aromatic heterocycles. The van der Waals surface area contributed by atoms with Crippen molar-refractivity contribution in [3.8, 4) is 0 Å². The third-order valence-corrected chi connectivity index (χ3v) is 6.52. The highest BCUT2D eigenvalue weighted by Crippen LogP contribution is 2.34. The molecule has 1 heterocycles.